The Bertz CT molecular complexity index is 1400. The van der Waals surface area contributed by atoms with Crippen molar-refractivity contribution in [3.63, 3.8) is 0 Å². The highest BCUT2D eigenvalue weighted by Gasteiger charge is 2.58. The van der Waals surface area contributed by atoms with Gasteiger partial charge in [0, 0.05) is 12.7 Å². The second-order valence-electron chi connectivity index (χ2n) is 8.54. The number of aryl methyl sites for hydroxylation is 1. The summed E-state index contributed by atoms with van der Waals surface area (Å²) in [4.78, 5) is 24.4. The van der Waals surface area contributed by atoms with Gasteiger partial charge in [-0.3, -0.25) is 0 Å². The molecule has 1 atom stereocenters. The Kier molecular flexibility index (Phi) is 5.95. The van der Waals surface area contributed by atoms with E-state index in [2.05, 4.69) is 10.1 Å². The molecule has 1 unspecified atom stereocenters. The number of amidine groups is 1. The molecule has 2 aliphatic heterocycles. The van der Waals surface area contributed by atoms with E-state index in [0.717, 1.165) is 40.7 Å². The lowest BCUT2D eigenvalue weighted by Crippen LogP contribution is -2.54. The molecule has 3 heterocycles. The summed E-state index contributed by atoms with van der Waals surface area (Å²) in [5.41, 5.74) is 0.968. The fraction of sp³-hybridized carbons (Fsp3) is 0.269. The van der Waals surface area contributed by atoms with E-state index >= 15 is 0 Å². The van der Waals surface area contributed by atoms with Crippen molar-refractivity contribution in [1.29, 1.82) is 0 Å². The fourth-order valence-corrected chi connectivity index (χ4v) is 4.63. The second-order valence-corrected chi connectivity index (χ2v) is 8.54. The first-order valence-corrected chi connectivity index (χ1v) is 11.3. The zero-order valence-corrected chi connectivity index (χ0v) is 20.0. The Morgan fingerprint density at radius 1 is 1.19 bits per heavy atom. The lowest BCUT2D eigenvalue weighted by molar-refractivity contribution is -0.187. The highest BCUT2D eigenvalue weighted by Crippen LogP contribution is 2.42. The molecule has 0 amide bonds. The summed E-state index contributed by atoms with van der Waals surface area (Å²) >= 11 is 0. The summed E-state index contributed by atoms with van der Waals surface area (Å²) < 4.78 is 41.4. The van der Waals surface area contributed by atoms with Crippen LogP contribution in [0.3, 0.4) is 0 Å². The minimum atomic E-state index is -2.06. The summed E-state index contributed by atoms with van der Waals surface area (Å²) in [6, 6.07) is 8.59. The minimum absolute atomic E-state index is 0.295. The average Bonchev–Trinajstić information content (AvgIpc) is 3.50. The summed E-state index contributed by atoms with van der Waals surface area (Å²) in [6.07, 6.45) is 6.80. The van der Waals surface area contributed by atoms with E-state index in [-0.39, 0.29) is 5.56 Å². The smallest absolute Gasteiger partial charge is 0.380 e. The molecule has 10 heteroatoms. The van der Waals surface area contributed by atoms with Gasteiger partial charge < -0.3 is 23.8 Å². The number of benzene rings is 2. The van der Waals surface area contributed by atoms with Gasteiger partial charge in [-0.1, -0.05) is 11.2 Å². The topological polar surface area (TPSA) is 78.2 Å². The van der Waals surface area contributed by atoms with Crippen LogP contribution in [0.25, 0.3) is 11.8 Å². The number of hydrogen-bond donors (Lipinski definition) is 0. The molecular weight excluding hydrogens is 470 g/mol. The lowest BCUT2D eigenvalue weighted by Gasteiger charge is -2.37. The molecule has 0 saturated carbocycles. The summed E-state index contributed by atoms with van der Waals surface area (Å²) in [5, 5.41) is 4.16. The average molecular weight is 494 g/mol. The molecule has 0 N–H and O–H groups in total. The molecule has 36 heavy (non-hydrogen) atoms. The van der Waals surface area contributed by atoms with Crippen LogP contribution in [0, 0.1) is 18.6 Å². The number of rotatable bonds is 5. The van der Waals surface area contributed by atoms with Crippen LogP contribution >= 0.6 is 0 Å². The molecule has 3 aromatic rings. The van der Waals surface area contributed by atoms with E-state index in [0.29, 0.717) is 31.0 Å². The monoisotopic (exact) mass is 494 g/mol. The van der Waals surface area contributed by atoms with Crippen LogP contribution in [0.1, 0.15) is 29.7 Å². The van der Waals surface area contributed by atoms with Gasteiger partial charge in [-0.05, 0) is 67.3 Å². The first kappa shape index (κ1) is 23.5. The van der Waals surface area contributed by atoms with Crippen molar-refractivity contribution in [2.75, 3.05) is 20.8 Å². The number of nitrogens with zero attached hydrogens (tertiary/aromatic N) is 4. The number of imidazole rings is 1. The number of methoxy groups -OCH3 is 2. The van der Waals surface area contributed by atoms with Crippen molar-refractivity contribution in [1.82, 2.24) is 14.5 Å². The Labute approximate surface area is 206 Å². The molecule has 8 nitrogen and oxygen atoms in total. The number of piperidine rings is 1. The number of hydrogen-bond acceptors (Lipinski definition) is 7. The quantitative estimate of drug-likeness (QED) is 0.492. The number of fused-ring (bicyclic) bond motifs is 1. The van der Waals surface area contributed by atoms with Crippen LogP contribution in [-0.2, 0) is 20.1 Å². The van der Waals surface area contributed by atoms with Crippen molar-refractivity contribution in [3.05, 3.63) is 83.0 Å². The first-order valence-electron chi connectivity index (χ1n) is 11.3. The van der Waals surface area contributed by atoms with Gasteiger partial charge in [-0.25, -0.2) is 18.6 Å². The largest absolute Gasteiger partial charge is 0.495 e. The van der Waals surface area contributed by atoms with Gasteiger partial charge in [0.1, 0.15) is 17.4 Å². The Morgan fingerprint density at radius 2 is 2.03 bits per heavy atom. The maximum absolute atomic E-state index is 14.9. The summed E-state index contributed by atoms with van der Waals surface area (Å²) in [6.45, 7) is 2.24. The molecule has 1 fully saturated rings. The van der Waals surface area contributed by atoms with Gasteiger partial charge >= 0.3 is 11.7 Å². The Morgan fingerprint density at radius 3 is 2.75 bits per heavy atom. The second kappa shape index (κ2) is 9.10. The van der Waals surface area contributed by atoms with Gasteiger partial charge in [-0.15, -0.1) is 0 Å². The third kappa shape index (κ3) is 3.78. The fourth-order valence-electron chi connectivity index (χ4n) is 4.63. The molecule has 186 valence electrons. The van der Waals surface area contributed by atoms with Crippen molar-refractivity contribution in [2.45, 2.75) is 25.5 Å². The van der Waals surface area contributed by atoms with E-state index in [1.165, 1.54) is 12.0 Å². The molecule has 5 rings (SSSR count). The standard InChI is InChI=1S/C26H24F2N4O4/c1-16-14-31(15-29-16)22-9-6-17(12-23(22)34-2)11-18-5-4-10-32-24(18)30-36-26(32,25(33)35-3)20-13-19(27)7-8-21(20)28/h6-9,11-15H,4-5,10H2,1-3H3. The Hall–Kier alpha value is -4.21. The highest BCUT2D eigenvalue weighted by molar-refractivity contribution is 6.06. The number of halogens is 2. The maximum atomic E-state index is 14.9. The van der Waals surface area contributed by atoms with E-state index in [4.69, 9.17) is 14.3 Å². The summed E-state index contributed by atoms with van der Waals surface area (Å²) in [5.74, 6) is -1.40. The number of aromatic nitrogens is 2. The van der Waals surface area contributed by atoms with Crippen molar-refractivity contribution in [3.8, 4) is 11.4 Å². The van der Waals surface area contributed by atoms with Crippen molar-refractivity contribution >= 4 is 17.9 Å². The van der Waals surface area contributed by atoms with Gasteiger partial charge in [0.2, 0.25) is 0 Å². The Balaban J connectivity index is 1.53. The van der Waals surface area contributed by atoms with E-state index in [9.17, 15) is 13.6 Å². The number of esters is 1. The zero-order chi connectivity index (χ0) is 25.4. The SMILES string of the molecule is COC(=O)C1(c2cc(F)ccc2F)ON=C2C(=Cc3ccc(-n4cnc(C)c4)c(OC)c3)CCCN21. The molecule has 2 aromatic carbocycles. The normalized spacial score (nSPS) is 20.1. The maximum Gasteiger partial charge on any atom is 0.380 e. The van der Waals surface area contributed by atoms with Crippen molar-refractivity contribution < 1.29 is 27.9 Å². The third-order valence-corrected chi connectivity index (χ3v) is 6.31. The molecule has 2 aliphatic rings. The van der Waals surface area contributed by atoms with Crippen LogP contribution in [0.4, 0.5) is 8.78 Å². The number of carbonyl (C=O) groups excluding carboxylic acids is 1. The van der Waals surface area contributed by atoms with Crippen LogP contribution in [0.15, 0.2) is 59.7 Å². The highest BCUT2D eigenvalue weighted by atomic mass is 19.1. The van der Waals surface area contributed by atoms with Crippen LogP contribution in [-0.4, -0.2) is 47.0 Å². The zero-order valence-electron chi connectivity index (χ0n) is 20.0. The predicted octanol–water partition coefficient (Wildman–Crippen LogP) is 4.32. The minimum Gasteiger partial charge on any atom is -0.495 e. The van der Waals surface area contributed by atoms with E-state index < -0.39 is 23.3 Å². The molecule has 0 radical (unpaired) electrons. The van der Waals surface area contributed by atoms with Gasteiger partial charge in [-0.2, -0.15) is 0 Å². The molecule has 0 bridgehead atoms. The molecule has 0 spiro atoms. The number of carbonyl (C=O) groups is 1. The van der Waals surface area contributed by atoms with Gasteiger partial charge in [0.05, 0.1) is 37.5 Å². The third-order valence-electron chi connectivity index (χ3n) is 6.31. The molecule has 1 saturated heterocycles. The number of oxime groups is 1. The van der Waals surface area contributed by atoms with E-state index in [1.807, 2.05) is 42.0 Å². The van der Waals surface area contributed by atoms with Gasteiger partial charge in [0.25, 0.3) is 0 Å². The molecule has 1 aromatic heterocycles. The molecule has 0 aliphatic carbocycles. The number of ether oxygens (including phenoxy) is 2. The van der Waals surface area contributed by atoms with Crippen LogP contribution < -0.4 is 4.74 Å². The van der Waals surface area contributed by atoms with Crippen LogP contribution in [0.5, 0.6) is 5.75 Å². The van der Waals surface area contributed by atoms with Crippen LogP contribution in [0.2, 0.25) is 0 Å². The molecular formula is C26H24F2N4O4. The summed E-state index contributed by atoms with van der Waals surface area (Å²) in [7, 11) is 2.76. The van der Waals surface area contributed by atoms with Crippen molar-refractivity contribution in [2.24, 2.45) is 5.16 Å². The predicted molar refractivity (Wildman–Crippen MR) is 127 cm³/mol. The van der Waals surface area contributed by atoms with E-state index in [1.54, 1.807) is 13.4 Å². The van der Waals surface area contributed by atoms with Gasteiger partial charge in [0.15, 0.2) is 5.84 Å². The first-order chi connectivity index (χ1) is 17.4. The lowest BCUT2D eigenvalue weighted by atomic mass is 9.94.